The molecule has 1 unspecified atom stereocenters. The fourth-order valence-corrected chi connectivity index (χ4v) is 6.71. The number of benzene rings is 1. The highest BCUT2D eigenvalue weighted by molar-refractivity contribution is 8.14. The number of rotatable bonds is 6. The monoisotopic (exact) mass is 481 g/mol. The SMILES string of the molecule is CN(C)CCN(C)C(=O)C1CCc2c(sc3ncnc(Nc4ccc5c(c4)SC(=O)C5)c23)C1. The van der Waals surface area contributed by atoms with E-state index in [0.717, 1.165) is 64.5 Å². The van der Waals surface area contributed by atoms with Crippen LogP contribution in [-0.2, 0) is 28.9 Å². The molecule has 0 bridgehead atoms. The number of nitrogens with one attached hydrogen (secondary N) is 1. The van der Waals surface area contributed by atoms with Crippen molar-refractivity contribution in [3.05, 3.63) is 40.5 Å². The van der Waals surface area contributed by atoms with Crippen LogP contribution in [-0.4, -0.2) is 65.0 Å². The van der Waals surface area contributed by atoms with E-state index >= 15 is 0 Å². The second kappa shape index (κ2) is 9.04. The van der Waals surface area contributed by atoms with Crippen LogP contribution in [0.1, 0.15) is 22.4 Å². The molecule has 3 heterocycles. The number of aromatic nitrogens is 2. The van der Waals surface area contributed by atoms with Crippen molar-refractivity contribution in [3.8, 4) is 0 Å². The van der Waals surface area contributed by atoms with Crippen molar-refractivity contribution < 1.29 is 9.59 Å². The zero-order chi connectivity index (χ0) is 23.1. The van der Waals surface area contributed by atoms with Gasteiger partial charge in [0.2, 0.25) is 5.91 Å². The molecule has 9 heteroatoms. The molecule has 0 saturated carbocycles. The standard InChI is InChI=1S/C24H27N5O2S2/c1-28(2)8-9-29(3)24(31)15-5-7-17-19(10-15)33-23-21(17)22(25-13-26-23)27-16-6-4-14-11-20(30)32-18(14)12-16/h4,6,12-13,15H,5,7-11H2,1-3H3,(H,25,26,27). The molecule has 0 fully saturated rings. The van der Waals surface area contributed by atoms with Gasteiger partial charge < -0.3 is 15.1 Å². The van der Waals surface area contributed by atoms with E-state index in [9.17, 15) is 9.59 Å². The molecular weight excluding hydrogens is 454 g/mol. The highest BCUT2D eigenvalue weighted by atomic mass is 32.2. The van der Waals surface area contributed by atoms with Crippen LogP contribution in [0.4, 0.5) is 11.5 Å². The minimum Gasteiger partial charge on any atom is -0.344 e. The summed E-state index contributed by atoms with van der Waals surface area (Å²) in [7, 11) is 5.95. The second-order valence-corrected chi connectivity index (χ2v) is 11.2. The molecule has 1 aliphatic carbocycles. The summed E-state index contributed by atoms with van der Waals surface area (Å²) in [5.74, 6) is 1.04. The molecular formula is C24H27N5O2S2. The van der Waals surface area contributed by atoms with Crippen LogP contribution in [0.3, 0.4) is 0 Å². The van der Waals surface area contributed by atoms with Crippen molar-refractivity contribution >= 4 is 55.8 Å². The number of anilines is 2. The van der Waals surface area contributed by atoms with Crippen molar-refractivity contribution in [1.29, 1.82) is 0 Å². The summed E-state index contributed by atoms with van der Waals surface area (Å²) in [4.78, 5) is 41.0. The fraction of sp³-hybridized carbons (Fsp3) is 0.417. The number of thiophene rings is 1. The van der Waals surface area contributed by atoms with Crippen LogP contribution in [0, 0.1) is 5.92 Å². The lowest BCUT2D eigenvalue weighted by atomic mass is 9.87. The van der Waals surface area contributed by atoms with E-state index in [1.807, 2.05) is 44.2 Å². The van der Waals surface area contributed by atoms with Crippen molar-refractivity contribution in [2.45, 2.75) is 30.6 Å². The Morgan fingerprint density at radius 1 is 1.21 bits per heavy atom. The Kier molecular flexibility index (Phi) is 6.11. The summed E-state index contributed by atoms with van der Waals surface area (Å²) in [5.41, 5.74) is 3.27. The third-order valence-electron chi connectivity index (χ3n) is 6.34. The fourth-order valence-electron chi connectivity index (χ4n) is 4.51. The first kappa shape index (κ1) is 22.3. The van der Waals surface area contributed by atoms with E-state index in [-0.39, 0.29) is 16.9 Å². The van der Waals surface area contributed by atoms with E-state index in [1.165, 1.54) is 22.2 Å². The molecule has 0 radical (unpaired) electrons. The van der Waals surface area contributed by atoms with Gasteiger partial charge in [0.05, 0.1) is 5.39 Å². The maximum atomic E-state index is 13.0. The summed E-state index contributed by atoms with van der Waals surface area (Å²) in [6.07, 6.45) is 4.55. The lowest BCUT2D eigenvalue weighted by Gasteiger charge is -2.27. The number of fused-ring (bicyclic) bond motifs is 4. The first-order valence-corrected chi connectivity index (χ1v) is 12.8. The van der Waals surface area contributed by atoms with Gasteiger partial charge in [0.15, 0.2) is 5.12 Å². The molecule has 2 aliphatic rings. The van der Waals surface area contributed by atoms with Crippen LogP contribution in [0.25, 0.3) is 10.2 Å². The Hall–Kier alpha value is -2.49. The van der Waals surface area contributed by atoms with Gasteiger partial charge in [0.25, 0.3) is 0 Å². The summed E-state index contributed by atoms with van der Waals surface area (Å²) in [6, 6.07) is 6.04. The van der Waals surface area contributed by atoms with Crippen molar-refractivity contribution in [3.63, 3.8) is 0 Å². The highest BCUT2D eigenvalue weighted by Crippen LogP contribution is 2.41. The number of carbonyl (C=O) groups excluding carboxylic acids is 2. The highest BCUT2D eigenvalue weighted by Gasteiger charge is 2.30. The van der Waals surface area contributed by atoms with Gasteiger partial charge in [0.1, 0.15) is 17.0 Å². The van der Waals surface area contributed by atoms with Gasteiger partial charge >= 0.3 is 0 Å². The van der Waals surface area contributed by atoms with E-state index in [0.29, 0.717) is 6.42 Å². The molecule has 7 nitrogen and oxygen atoms in total. The van der Waals surface area contributed by atoms with Crippen molar-refractivity contribution in [1.82, 2.24) is 19.8 Å². The number of hydrogen-bond donors (Lipinski definition) is 1. The maximum absolute atomic E-state index is 13.0. The molecule has 5 rings (SSSR count). The van der Waals surface area contributed by atoms with Crippen LogP contribution >= 0.6 is 23.1 Å². The summed E-state index contributed by atoms with van der Waals surface area (Å²) >= 11 is 2.98. The number of amides is 1. The summed E-state index contributed by atoms with van der Waals surface area (Å²) in [6.45, 7) is 1.61. The third-order valence-corrected chi connectivity index (χ3v) is 8.48. The summed E-state index contributed by atoms with van der Waals surface area (Å²) < 4.78 is 0. The van der Waals surface area contributed by atoms with E-state index in [1.54, 1.807) is 17.7 Å². The molecule has 1 aliphatic heterocycles. The molecule has 2 aromatic heterocycles. The quantitative estimate of drug-likeness (QED) is 0.575. The second-order valence-electron chi connectivity index (χ2n) is 9.01. The van der Waals surface area contributed by atoms with E-state index in [2.05, 4.69) is 20.2 Å². The first-order chi connectivity index (χ1) is 15.9. The molecule has 1 atom stereocenters. The molecule has 172 valence electrons. The smallest absolute Gasteiger partial charge is 0.225 e. The number of aryl methyl sites for hydroxylation is 1. The Morgan fingerprint density at radius 2 is 2.06 bits per heavy atom. The first-order valence-electron chi connectivity index (χ1n) is 11.1. The van der Waals surface area contributed by atoms with Gasteiger partial charge in [-0.3, -0.25) is 9.59 Å². The van der Waals surface area contributed by atoms with Crippen LogP contribution in [0.5, 0.6) is 0 Å². The molecule has 3 aromatic rings. The van der Waals surface area contributed by atoms with Crippen molar-refractivity contribution in [2.24, 2.45) is 5.92 Å². The van der Waals surface area contributed by atoms with Gasteiger partial charge in [0, 0.05) is 47.9 Å². The minimum absolute atomic E-state index is 0.0216. The Morgan fingerprint density at radius 3 is 2.88 bits per heavy atom. The number of likely N-dealkylation sites (N-methyl/N-ethyl adjacent to an activating group) is 2. The Bertz CT molecular complexity index is 1240. The Labute approximate surface area is 201 Å². The molecule has 1 amide bonds. The van der Waals surface area contributed by atoms with Crippen LogP contribution < -0.4 is 5.32 Å². The average Bonchev–Trinajstić information content (AvgIpc) is 3.35. The largest absolute Gasteiger partial charge is 0.344 e. The van der Waals surface area contributed by atoms with Crippen LogP contribution in [0.2, 0.25) is 0 Å². The van der Waals surface area contributed by atoms with Gasteiger partial charge in [-0.25, -0.2) is 9.97 Å². The topological polar surface area (TPSA) is 78.4 Å². The average molecular weight is 482 g/mol. The predicted octanol–water partition coefficient (Wildman–Crippen LogP) is 3.73. The molecule has 0 saturated heterocycles. The number of carbonyl (C=O) groups is 2. The van der Waals surface area contributed by atoms with Gasteiger partial charge in [-0.1, -0.05) is 17.8 Å². The summed E-state index contributed by atoms with van der Waals surface area (Å²) in [5, 5.41) is 4.71. The van der Waals surface area contributed by atoms with Crippen molar-refractivity contribution in [2.75, 3.05) is 39.5 Å². The molecule has 0 spiro atoms. The number of thioether (sulfide) groups is 1. The van der Waals surface area contributed by atoms with Crippen LogP contribution in [0.15, 0.2) is 29.4 Å². The third kappa shape index (κ3) is 4.49. The molecule has 33 heavy (non-hydrogen) atoms. The normalized spacial score (nSPS) is 17.3. The number of nitrogens with zero attached hydrogens (tertiary/aromatic N) is 4. The number of hydrogen-bond acceptors (Lipinski definition) is 8. The van der Waals surface area contributed by atoms with Gasteiger partial charge in [-0.2, -0.15) is 0 Å². The molecule has 1 N–H and O–H groups in total. The maximum Gasteiger partial charge on any atom is 0.225 e. The van der Waals surface area contributed by atoms with E-state index < -0.39 is 0 Å². The lowest BCUT2D eigenvalue weighted by molar-refractivity contribution is -0.134. The lowest BCUT2D eigenvalue weighted by Crippen LogP contribution is -2.39. The Balaban J connectivity index is 1.38. The molecule has 1 aromatic carbocycles. The zero-order valence-electron chi connectivity index (χ0n) is 19.1. The predicted molar refractivity (Wildman–Crippen MR) is 133 cm³/mol. The minimum atomic E-state index is 0.0216. The van der Waals surface area contributed by atoms with E-state index in [4.69, 9.17) is 0 Å². The van der Waals surface area contributed by atoms with Gasteiger partial charge in [-0.05, 0) is 56.6 Å². The zero-order valence-corrected chi connectivity index (χ0v) is 20.7. The van der Waals surface area contributed by atoms with Gasteiger partial charge in [-0.15, -0.1) is 11.3 Å².